The molecule has 0 rings (SSSR count). The predicted molar refractivity (Wildman–Crippen MR) is 45.8 cm³/mol. The maximum Gasteiger partial charge on any atom is 0.218 e. The molecule has 0 radical (unpaired) electrons. The molecule has 10 heavy (non-hydrogen) atoms. The van der Waals surface area contributed by atoms with Gasteiger partial charge in [-0.1, -0.05) is 13.3 Å². The van der Waals surface area contributed by atoms with Gasteiger partial charge in [-0.15, -0.1) is 12.4 Å². The van der Waals surface area contributed by atoms with Crippen LogP contribution in [0.15, 0.2) is 0 Å². The lowest BCUT2D eigenvalue weighted by molar-refractivity contribution is -0.109. The fourth-order valence-corrected chi connectivity index (χ4v) is 0.158. The van der Waals surface area contributed by atoms with E-state index < -0.39 is 0 Å². The number of halogens is 2. The number of aliphatic hydroxyl groups is 1. The van der Waals surface area contributed by atoms with Gasteiger partial charge in [0.25, 0.3) is 0 Å². The van der Waals surface area contributed by atoms with Crippen LogP contribution in [-0.4, -0.2) is 17.0 Å². The zero-order valence-corrected chi connectivity index (χ0v) is 7.84. The predicted octanol–water partition coefficient (Wildman–Crippen LogP) is 1.97. The monoisotopic (exact) mass is 188 g/mol. The molecular weight excluding hydrogens is 175 g/mol. The Bertz CT molecular complexity index is 60.8. The smallest absolute Gasteiger partial charge is 0.218 e. The Morgan fingerprint density at radius 2 is 1.90 bits per heavy atom. The summed E-state index contributed by atoms with van der Waals surface area (Å²) >= 11 is 4.64. The highest BCUT2D eigenvalue weighted by Gasteiger charge is 1.69. The molecule has 0 saturated carbocycles. The van der Waals surface area contributed by atoms with E-state index >= 15 is 0 Å². The summed E-state index contributed by atoms with van der Waals surface area (Å²) in [6, 6.07) is 0. The number of carbonyl (C=O) groups is 1. The van der Waals surface area contributed by atoms with E-state index in [1.807, 2.05) is 0 Å². The summed E-state index contributed by atoms with van der Waals surface area (Å²) in [5.41, 5.74) is 0. The van der Waals surface area contributed by atoms with Gasteiger partial charge in [0.15, 0.2) is 0 Å². The first-order chi connectivity index (χ1) is 4.15. The van der Waals surface area contributed by atoms with Crippen molar-refractivity contribution in [3.63, 3.8) is 0 Å². The van der Waals surface area contributed by atoms with Gasteiger partial charge in [0.05, 0.1) is 0 Å². The Hall–Kier alpha value is 0.210. The Morgan fingerprint density at radius 1 is 1.60 bits per heavy atom. The van der Waals surface area contributed by atoms with Crippen LogP contribution in [0.2, 0.25) is 0 Å². The van der Waals surface area contributed by atoms with Crippen LogP contribution < -0.4 is 0 Å². The second-order valence-corrected chi connectivity index (χ2v) is 2.08. The van der Waals surface area contributed by atoms with E-state index in [0.717, 1.165) is 12.8 Å². The first kappa shape index (κ1) is 16.7. The highest BCUT2D eigenvalue weighted by Crippen LogP contribution is 1.78. The number of aliphatic hydroxyl groups excluding tert-OH is 1. The second kappa shape index (κ2) is 16.1. The summed E-state index contributed by atoms with van der Waals surface area (Å²) in [7, 11) is 0. The maximum absolute atomic E-state index is 9.21. The molecular formula is C6H14Cl2O2. The Balaban J connectivity index is -0.0000000910. The largest absolute Gasteiger partial charge is 0.396 e. The van der Waals surface area contributed by atoms with E-state index in [1.165, 1.54) is 6.92 Å². The molecule has 0 saturated heterocycles. The zero-order chi connectivity index (χ0) is 7.70. The van der Waals surface area contributed by atoms with Crippen LogP contribution in [0, 0.1) is 0 Å². The van der Waals surface area contributed by atoms with Crippen LogP contribution >= 0.6 is 24.0 Å². The van der Waals surface area contributed by atoms with Crippen molar-refractivity contribution in [1.82, 2.24) is 0 Å². The van der Waals surface area contributed by atoms with Gasteiger partial charge in [-0.25, -0.2) is 0 Å². The summed E-state index contributed by atoms with van der Waals surface area (Å²) in [5.74, 6) is 0. The van der Waals surface area contributed by atoms with Crippen molar-refractivity contribution in [2.45, 2.75) is 26.7 Å². The van der Waals surface area contributed by atoms with E-state index in [1.54, 1.807) is 0 Å². The minimum atomic E-state index is -0.361. The number of hydrogen-bond acceptors (Lipinski definition) is 2. The summed E-state index contributed by atoms with van der Waals surface area (Å²) in [6.45, 7) is 3.69. The molecule has 0 unspecified atom stereocenters. The van der Waals surface area contributed by atoms with Gasteiger partial charge < -0.3 is 5.11 Å². The molecule has 0 fully saturated rings. The summed E-state index contributed by atoms with van der Waals surface area (Å²) in [5, 5.41) is 7.71. The third-order valence-corrected chi connectivity index (χ3v) is 0.512. The lowest BCUT2D eigenvalue weighted by atomic mass is 10.4. The van der Waals surface area contributed by atoms with Crippen LogP contribution in [0.5, 0.6) is 0 Å². The van der Waals surface area contributed by atoms with E-state index in [4.69, 9.17) is 5.11 Å². The van der Waals surface area contributed by atoms with Gasteiger partial charge in [0, 0.05) is 13.5 Å². The van der Waals surface area contributed by atoms with Crippen molar-refractivity contribution in [1.29, 1.82) is 0 Å². The summed E-state index contributed by atoms with van der Waals surface area (Å²) < 4.78 is 0. The van der Waals surface area contributed by atoms with Gasteiger partial charge in [-0.2, -0.15) is 0 Å². The van der Waals surface area contributed by atoms with Gasteiger partial charge in [-0.05, 0) is 18.0 Å². The molecule has 0 heterocycles. The molecule has 0 spiro atoms. The fourth-order valence-electron chi connectivity index (χ4n) is 0.158. The lowest BCUT2D eigenvalue weighted by Crippen LogP contribution is -1.75. The third kappa shape index (κ3) is 87.4. The number of hydrogen-bond donors (Lipinski definition) is 1. The molecule has 0 aromatic rings. The van der Waals surface area contributed by atoms with Crippen molar-refractivity contribution >= 4 is 29.3 Å². The average Bonchev–Trinajstić information content (AvgIpc) is 1.66. The van der Waals surface area contributed by atoms with E-state index in [-0.39, 0.29) is 17.6 Å². The van der Waals surface area contributed by atoms with Crippen molar-refractivity contribution < 1.29 is 9.90 Å². The van der Waals surface area contributed by atoms with Crippen LogP contribution in [0.25, 0.3) is 0 Å². The summed E-state index contributed by atoms with van der Waals surface area (Å²) in [6.07, 6.45) is 2.04. The number of rotatable bonds is 2. The average molecular weight is 189 g/mol. The highest BCUT2D eigenvalue weighted by atomic mass is 35.5. The van der Waals surface area contributed by atoms with E-state index in [9.17, 15) is 4.79 Å². The SMILES string of the molecule is CC(=O)Cl.CCCCO.Cl. The summed E-state index contributed by atoms with van der Waals surface area (Å²) in [4.78, 5) is 9.21. The van der Waals surface area contributed by atoms with Gasteiger partial charge in [0.2, 0.25) is 5.24 Å². The quantitative estimate of drug-likeness (QED) is 0.674. The lowest BCUT2D eigenvalue weighted by Gasteiger charge is -1.79. The molecule has 1 N–H and O–H groups in total. The van der Waals surface area contributed by atoms with Gasteiger partial charge in [0.1, 0.15) is 0 Å². The molecule has 0 bridgehead atoms. The standard InChI is InChI=1S/C4H10O.C2H3ClO.ClH/c1-2-3-4-5;1-2(3)4;/h5H,2-4H2,1H3;1H3;1H. The van der Waals surface area contributed by atoms with E-state index in [2.05, 4.69) is 18.5 Å². The molecule has 0 aliphatic rings. The van der Waals surface area contributed by atoms with Crippen LogP contribution in [-0.2, 0) is 4.79 Å². The van der Waals surface area contributed by atoms with Gasteiger partial charge in [-0.3, -0.25) is 4.79 Å². The van der Waals surface area contributed by atoms with Crippen molar-refractivity contribution in [2.24, 2.45) is 0 Å². The number of unbranched alkanes of at least 4 members (excludes halogenated alkanes) is 1. The van der Waals surface area contributed by atoms with Crippen LogP contribution in [0.4, 0.5) is 0 Å². The van der Waals surface area contributed by atoms with Gasteiger partial charge >= 0.3 is 0 Å². The van der Waals surface area contributed by atoms with Crippen molar-refractivity contribution in [3.8, 4) is 0 Å². The second-order valence-electron chi connectivity index (χ2n) is 1.55. The fraction of sp³-hybridized carbons (Fsp3) is 0.833. The molecule has 0 aliphatic carbocycles. The molecule has 0 amide bonds. The highest BCUT2D eigenvalue weighted by molar-refractivity contribution is 6.62. The third-order valence-electron chi connectivity index (χ3n) is 0.512. The Morgan fingerprint density at radius 3 is 1.90 bits per heavy atom. The molecule has 64 valence electrons. The maximum atomic E-state index is 9.21. The molecule has 0 aliphatic heterocycles. The number of carbonyl (C=O) groups excluding carboxylic acids is 1. The first-order valence-electron chi connectivity index (χ1n) is 2.92. The van der Waals surface area contributed by atoms with Crippen molar-refractivity contribution in [3.05, 3.63) is 0 Å². The van der Waals surface area contributed by atoms with E-state index in [0.29, 0.717) is 6.61 Å². The molecule has 0 aromatic heterocycles. The Kier molecular flexibility index (Phi) is 26.8. The molecule has 2 nitrogen and oxygen atoms in total. The Labute approximate surface area is 73.0 Å². The molecule has 0 atom stereocenters. The van der Waals surface area contributed by atoms with Crippen LogP contribution in [0.3, 0.4) is 0 Å². The van der Waals surface area contributed by atoms with Crippen molar-refractivity contribution in [2.75, 3.05) is 6.61 Å². The first-order valence-corrected chi connectivity index (χ1v) is 3.29. The van der Waals surface area contributed by atoms with Crippen LogP contribution in [0.1, 0.15) is 26.7 Å². The minimum absolute atomic E-state index is 0. The normalized spacial score (nSPS) is 6.80. The minimum Gasteiger partial charge on any atom is -0.396 e. The zero-order valence-electron chi connectivity index (χ0n) is 6.26. The molecule has 4 heteroatoms. The topological polar surface area (TPSA) is 37.3 Å². The molecule has 0 aromatic carbocycles.